The van der Waals surface area contributed by atoms with Gasteiger partial charge in [0.25, 0.3) is 0 Å². The van der Waals surface area contributed by atoms with Gasteiger partial charge < -0.3 is 10.6 Å². The minimum atomic E-state index is 0.0835. The van der Waals surface area contributed by atoms with Crippen LogP contribution < -0.4 is 10.6 Å². The number of aryl methyl sites for hydroxylation is 1. The average molecular weight is 254 g/mol. The van der Waals surface area contributed by atoms with E-state index in [0.717, 1.165) is 22.5 Å². The molecule has 0 saturated carbocycles. The molecule has 4 nitrogen and oxygen atoms in total. The summed E-state index contributed by atoms with van der Waals surface area (Å²) in [4.78, 5) is 6.45. The van der Waals surface area contributed by atoms with E-state index in [1.165, 1.54) is 0 Å². The second-order valence-electron chi connectivity index (χ2n) is 4.55. The molecule has 0 saturated heterocycles. The number of aromatic nitrogens is 1. The van der Waals surface area contributed by atoms with Gasteiger partial charge in [0.15, 0.2) is 0 Å². The first-order chi connectivity index (χ1) is 9.09. The van der Waals surface area contributed by atoms with Crippen LogP contribution in [-0.2, 0) is 6.54 Å². The molecule has 0 aliphatic carbocycles. The first-order valence-corrected chi connectivity index (χ1v) is 6.14. The molecule has 1 heterocycles. The summed E-state index contributed by atoms with van der Waals surface area (Å²) >= 11 is 0. The smallest absolute Gasteiger partial charge is 0.124 e. The summed E-state index contributed by atoms with van der Waals surface area (Å²) < 4.78 is 0. The van der Waals surface area contributed by atoms with Gasteiger partial charge in [-0.2, -0.15) is 0 Å². The van der Waals surface area contributed by atoms with Crippen molar-refractivity contribution in [1.29, 1.82) is 5.41 Å². The molecule has 1 aromatic carbocycles. The van der Waals surface area contributed by atoms with Crippen LogP contribution in [0.5, 0.6) is 0 Å². The summed E-state index contributed by atoms with van der Waals surface area (Å²) in [7, 11) is 1.98. The average Bonchev–Trinajstić information content (AvgIpc) is 2.41. The molecule has 19 heavy (non-hydrogen) atoms. The number of nitrogen functional groups attached to an aromatic ring is 1. The van der Waals surface area contributed by atoms with Crippen LogP contribution in [0, 0.1) is 12.3 Å². The molecule has 0 aliphatic heterocycles. The van der Waals surface area contributed by atoms with E-state index in [-0.39, 0.29) is 5.84 Å². The Kier molecular flexibility index (Phi) is 3.80. The highest BCUT2D eigenvalue weighted by atomic mass is 15.1. The highest BCUT2D eigenvalue weighted by Crippen LogP contribution is 2.20. The maximum Gasteiger partial charge on any atom is 0.124 e. The van der Waals surface area contributed by atoms with Crippen molar-refractivity contribution >= 4 is 11.5 Å². The summed E-state index contributed by atoms with van der Waals surface area (Å²) in [6.07, 6.45) is 1.80. The predicted octanol–water partition coefficient (Wildman–Crippen LogP) is 2.31. The largest absolute Gasteiger partial charge is 0.384 e. The molecule has 0 radical (unpaired) electrons. The zero-order chi connectivity index (χ0) is 13.8. The lowest BCUT2D eigenvalue weighted by molar-refractivity contribution is 0.873. The van der Waals surface area contributed by atoms with Crippen LogP contribution in [0.15, 0.2) is 42.6 Å². The van der Waals surface area contributed by atoms with Gasteiger partial charge in [0.2, 0.25) is 0 Å². The summed E-state index contributed by atoms with van der Waals surface area (Å²) in [5.41, 5.74) is 9.50. The van der Waals surface area contributed by atoms with Crippen LogP contribution in [0.1, 0.15) is 16.8 Å². The quantitative estimate of drug-likeness (QED) is 0.650. The standard InChI is InChI=1S/C15H18N4/c1-11-6-5-9-18-13(11)10-19(2)14-8-4-3-7-12(14)15(16)17/h3-9H,10H2,1-2H3,(H3,16,17). The van der Waals surface area contributed by atoms with Gasteiger partial charge >= 0.3 is 0 Å². The molecule has 4 heteroatoms. The van der Waals surface area contributed by atoms with Crippen molar-refractivity contribution in [2.45, 2.75) is 13.5 Å². The van der Waals surface area contributed by atoms with Crippen LogP contribution in [0.4, 0.5) is 5.69 Å². The van der Waals surface area contributed by atoms with E-state index in [1.807, 2.05) is 50.4 Å². The number of nitrogens with zero attached hydrogens (tertiary/aromatic N) is 2. The Hall–Kier alpha value is -2.36. The van der Waals surface area contributed by atoms with Crippen molar-refractivity contribution in [2.75, 3.05) is 11.9 Å². The van der Waals surface area contributed by atoms with Crippen molar-refractivity contribution in [3.05, 3.63) is 59.4 Å². The Bertz CT molecular complexity index is 592. The summed E-state index contributed by atoms with van der Waals surface area (Å²) in [5, 5.41) is 7.63. The Morgan fingerprint density at radius 1 is 1.26 bits per heavy atom. The number of para-hydroxylation sites is 1. The number of nitrogens with one attached hydrogen (secondary N) is 1. The van der Waals surface area contributed by atoms with E-state index in [2.05, 4.69) is 9.88 Å². The molecule has 0 bridgehead atoms. The van der Waals surface area contributed by atoms with Crippen molar-refractivity contribution in [2.24, 2.45) is 5.73 Å². The lowest BCUT2D eigenvalue weighted by atomic mass is 10.1. The Balaban J connectivity index is 2.28. The Morgan fingerprint density at radius 2 is 2.00 bits per heavy atom. The zero-order valence-corrected chi connectivity index (χ0v) is 11.2. The summed E-state index contributed by atoms with van der Waals surface area (Å²) in [5.74, 6) is 0.0835. The molecule has 0 unspecified atom stereocenters. The predicted molar refractivity (Wildman–Crippen MR) is 78.5 cm³/mol. The topological polar surface area (TPSA) is 66.0 Å². The van der Waals surface area contributed by atoms with Crippen molar-refractivity contribution in [3.63, 3.8) is 0 Å². The lowest BCUT2D eigenvalue weighted by Crippen LogP contribution is -2.22. The fourth-order valence-corrected chi connectivity index (χ4v) is 2.03. The van der Waals surface area contributed by atoms with Crippen molar-refractivity contribution in [1.82, 2.24) is 4.98 Å². The molecule has 2 rings (SSSR count). The molecule has 2 aromatic rings. The van der Waals surface area contributed by atoms with Gasteiger partial charge in [0, 0.05) is 24.5 Å². The SMILES string of the molecule is Cc1cccnc1CN(C)c1ccccc1C(=N)N. The normalized spacial score (nSPS) is 10.2. The first-order valence-electron chi connectivity index (χ1n) is 6.14. The van der Waals surface area contributed by atoms with Crippen LogP contribution in [0.3, 0.4) is 0 Å². The third-order valence-electron chi connectivity index (χ3n) is 3.11. The van der Waals surface area contributed by atoms with Gasteiger partial charge in [-0.25, -0.2) is 0 Å². The number of hydrogen-bond donors (Lipinski definition) is 2. The molecule has 0 atom stereocenters. The van der Waals surface area contributed by atoms with Crippen molar-refractivity contribution < 1.29 is 0 Å². The Labute approximate surface area is 113 Å². The summed E-state index contributed by atoms with van der Waals surface area (Å²) in [6, 6.07) is 11.6. The van der Waals surface area contributed by atoms with E-state index >= 15 is 0 Å². The number of rotatable bonds is 4. The minimum absolute atomic E-state index is 0.0835. The maximum atomic E-state index is 7.63. The number of pyridine rings is 1. The molecule has 0 amide bonds. The minimum Gasteiger partial charge on any atom is -0.384 e. The second-order valence-corrected chi connectivity index (χ2v) is 4.55. The molecule has 0 aliphatic rings. The van der Waals surface area contributed by atoms with E-state index in [4.69, 9.17) is 11.1 Å². The highest BCUT2D eigenvalue weighted by molar-refractivity contribution is 6.00. The lowest BCUT2D eigenvalue weighted by Gasteiger charge is -2.22. The number of anilines is 1. The summed E-state index contributed by atoms with van der Waals surface area (Å²) in [6.45, 7) is 2.74. The monoisotopic (exact) mass is 254 g/mol. The van der Waals surface area contributed by atoms with E-state index in [9.17, 15) is 0 Å². The van der Waals surface area contributed by atoms with Gasteiger partial charge in [-0.1, -0.05) is 18.2 Å². The van der Waals surface area contributed by atoms with Crippen LogP contribution in [0.2, 0.25) is 0 Å². The highest BCUT2D eigenvalue weighted by Gasteiger charge is 2.10. The van der Waals surface area contributed by atoms with Crippen LogP contribution >= 0.6 is 0 Å². The number of amidine groups is 1. The molecular weight excluding hydrogens is 236 g/mol. The van der Waals surface area contributed by atoms with Gasteiger partial charge in [0.05, 0.1) is 12.2 Å². The van der Waals surface area contributed by atoms with Crippen LogP contribution in [0.25, 0.3) is 0 Å². The molecular formula is C15H18N4. The maximum absolute atomic E-state index is 7.63. The van der Waals surface area contributed by atoms with Crippen molar-refractivity contribution in [3.8, 4) is 0 Å². The van der Waals surface area contributed by atoms with E-state index in [0.29, 0.717) is 6.54 Å². The third-order valence-corrected chi connectivity index (χ3v) is 3.11. The van der Waals surface area contributed by atoms with Crippen LogP contribution in [-0.4, -0.2) is 17.9 Å². The van der Waals surface area contributed by atoms with E-state index < -0.39 is 0 Å². The Morgan fingerprint density at radius 3 is 2.68 bits per heavy atom. The molecule has 98 valence electrons. The molecule has 0 spiro atoms. The first kappa shape index (κ1) is 13.1. The van der Waals surface area contributed by atoms with Gasteiger partial charge in [-0.3, -0.25) is 10.4 Å². The molecule has 3 N–H and O–H groups in total. The molecule has 1 aromatic heterocycles. The fraction of sp³-hybridized carbons (Fsp3) is 0.200. The third kappa shape index (κ3) is 2.91. The van der Waals surface area contributed by atoms with Gasteiger partial charge in [-0.05, 0) is 30.7 Å². The number of nitrogens with two attached hydrogens (primary N) is 1. The molecule has 0 fully saturated rings. The second kappa shape index (κ2) is 5.52. The van der Waals surface area contributed by atoms with Gasteiger partial charge in [-0.15, -0.1) is 0 Å². The fourth-order valence-electron chi connectivity index (χ4n) is 2.03. The number of benzene rings is 1. The van der Waals surface area contributed by atoms with E-state index in [1.54, 1.807) is 6.20 Å². The van der Waals surface area contributed by atoms with Gasteiger partial charge in [0.1, 0.15) is 5.84 Å². The number of hydrogen-bond acceptors (Lipinski definition) is 3. The zero-order valence-electron chi connectivity index (χ0n) is 11.2.